The van der Waals surface area contributed by atoms with Gasteiger partial charge in [0.25, 0.3) is 0 Å². The molecule has 0 amide bonds. The van der Waals surface area contributed by atoms with E-state index in [-0.39, 0.29) is 0 Å². The van der Waals surface area contributed by atoms with E-state index in [1.165, 1.54) is 12.8 Å². The van der Waals surface area contributed by atoms with Crippen LogP contribution in [-0.2, 0) is 0 Å². The summed E-state index contributed by atoms with van der Waals surface area (Å²) in [5.74, 6) is 3.26. The fourth-order valence-electron chi connectivity index (χ4n) is 3.05. The van der Waals surface area contributed by atoms with Gasteiger partial charge in [0.1, 0.15) is 17.3 Å². The molecule has 1 saturated heterocycles. The standard InChI is InChI=1S/C21H22N4O/c1-16-15-20(24-21(22-16)25-13-5-6-14-25)23-17-9-11-19(12-10-17)26-18-7-3-2-4-8-18/h2-4,7-12,15H,5-6,13-14H2,1H3,(H,22,23,24). The highest BCUT2D eigenvalue weighted by Gasteiger charge is 2.16. The Morgan fingerprint density at radius 1 is 0.885 bits per heavy atom. The number of benzene rings is 2. The summed E-state index contributed by atoms with van der Waals surface area (Å²) in [6.07, 6.45) is 2.42. The molecule has 0 radical (unpaired) electrons. The van der Waals surface area contributed by atoms with Crippen LogP contribution in [0.1, 0.15) is 18.5 Å². The molecule has 2 heterocycles. The van der Waals surface area contributed by atoms with Crippen LogP contribution in [0.3, 0.4) is 0 Å². The summed E-state index contributed by atoms with van der Waals surface area (Å²) >= 11 is 0. The molecule has 0 saturated carbocycles. The van der Waals surface area contributed by atoms with Crippen molar-refractivity contribution in [2.24, 2.45) is 0 Å². The van der Waals surface area contributed by atoms with Crippen LogP contribution >= 0.6 is 0 Å². The van der Waals surface area contributed by atoms with Gasteiger partial charge >= 0.3 is 0 Å². The van der Waals surface area contributed by atoms with Gasteiger partial charge in [-0.15, -0.1) is 0 Å². The van der Waals surface area contributed by atoms with Crippen molar-refractivity contribution in [3.63, 3.8) is 0 Å². The van der Waals surface area contributed by atoms with Gasteiger partial charge in [0.15, 0.2) is 0 Å². The van der Waals surface area contributed by atoms with Crippen molar-refractivity contribution >= 4 is 17.5 Å². The molecule has 0 spiro atoms. The lowest BCUT2D eigenvalue weighted by molar-refractivity contribution is 0.483. The van der Waals surface area contributed by atoms with Gasteiger partial charge < -0.3 is 15.0 Å². The average Bonchev–Trinajstić information content (AvgIpc) is 3.19. The second-order valence-corrected chi connectivity index (χ2v) is 6.45. The lowest BCUT2D eigenvalue weighted by Crippen LogP contribution is -2.21. The van der Waals surface area contributed by atoms with E-state index in [4.69, 9.17) is 4.74 Å². The molecule has 0 unspecified atom stereocenters. The van der Waals surface area contributed by atoms with Crippen LogP contribution in [0.25, 0.3) is 0 Å². The Hall–Kier alpha value is -3.08. The van der Waals surface area contributed by atoms with E-state index >= 15 is 0 Å². The van der Waals surface area contributed by atoms with Gasteiger partial charge in [-0.2, -0.15) is 4.98 Å². The monoisotopic (exact) mass is 346 g/mol. The van der Waals surface area contributed by atoms with Gasteiger partial charge in [0.05, 0.1) is 0 Å². The molecule has 0 atom stereocenters. The Morgan fingerprint density at radius 2 is 1.58 bits per heavy atom. The number of rotatable bonds is 5. The van der Waals surface area contributed by atoms with Crippen molar-refractivity contribution < 1.29 is 4.74 Å². The predicted molar refractivity (Wildman–Crippen MR) is 104 cm³/mol. The number of hydrogen-bond donors (Lipinski definition) is 1. The second kappa shape index (κ2) is 7.44. The minimum absolute atomic E-state index is 0.804. The Labute approximate surface area is 153 Å². The quantitative estimate of drug-likeness (QED) is 0.710. The first-order valence-electron chi connectivity index (χ1n) is 8.97. The maximum absolute atomic E-state index is 5.83. The normalized spacial score (nSPS) is 13.7. The summed E-state index contributed by atoms with van der Waals surface area (Å²) in [6, 6.07) is 19.6. The Morgan fingerprint density at radius 3 is 2.31 bits per heavy atom. The van der Waals surface area contributed by atoms with Gasteiger partial charge in [-0.3, -0.25) is 0 Å². The molecule has 1 aromatic heterocycles. The highest BCUT2D eigenvalue weighted by molar-refractivity contribution is 5.59. The van der Waals surface area contributed by atoms with E-state index in [1.807, 2.05) is 67.6 Å². The van der Waals surface area contributed by atoms with E-state index in [0.29, 0.717) is 0 Å². The van der Waals surface area contributed by atoms with Crippen molar-refractivity contribution in [1.29, 1.82) is 0 Å². The van der Waals surface area contributed by atoms with Crippen LogP contribution in [0, 0.1) is 6.92 Å². The van der Waals surface area contributed by atoms with Crippen molar-refractivity contribution in [1.82, 2.24) is 9.97 Å². The molecule has 1 fully saturated rings. The fraction of sp³-hybridized carbons (Fsp3) is 0.238. The van der Waals surface area contributed by atoms with Gasteiger partial charge in [-0.25, -0.2) is 4.98 Å². The third-order valence-corrected chi connectivity index (χ3v) is 4.34. The molecule has 0 aliphatic carbocycles. The number of hydrogen-bond acceptors (Lipinski definition) is 5. The van der Waals surface area contributed by atoms with Gasteiger partial charge in [0, 0.05) is 30.5 Å². The first-order chi connectivity index (χ1) is 12.8. The zero-order chi connectivity index (χ0) is 17.8. The molecular formula is C21H22N4O. The van der Waals surface area contributed by atoms with Crippen LogP contribution in [-0.4, -0.2) is 23.1 Å². The maximum Gasteiger partial charge on any atom is 0.227 e. The van der Waals surface area contributed by atoms with Crippen LogP contribution in [0.2, 0.25) is 0 Å². The number of nitrogens with one attached hydrogen (secondary N) is 1. The molecule has 26 heavy (non-hydrogen) atoms. The number of aryl methyl sites for hydroxylation is 1. The zero-order valence-corrected chi connectivity index (χ0v) is 14.9. The molecule has 5 heteroatoms. The summed E-state index contributed by atoms with van der Waals surface area (Å²) in [4.78, 5) is 11.5. The molecule has 1 aliphatic rings. The van der Waals surface area contributed by atoms with Crippen molar-refractivity contribution in [2.45, 2.75) is 19.8 Å². The average molecular weight is 346 g/mol. The molecule has 5 nitrogen and oxygen atoms in total. The first-order valence-corrected chi connectivity index (χ1v) is 8.97. The van der Waals surface area contributed by atoms with Crippen molar-refractivity contribution in [2.75, 3.05) is 23.3 Å². The number of anilines is 3. The smallest absolute Gasteiger partial charge is 0.227 e. The third-order valence-electron chi connectivity index (χ3n) is 4.34. The summed E-state index contributed by atoms with van der Waals surface area (Å²) < 4.78 is 5.83. The van der Waals surface area contributed by atoms with Crippen molar-refractivity contribution in [3.8, 4) is 11.5 Å². The summed E-state index contributed by atoms with van der Waals surface area (Å²) in [5.41, 5.74) is 1.93. The lowest BCUT2D eigenvalue weighted by atomic mass is 10.3. The van der Waals surface area contributed by atoms with Crippen LogP contribution < -0.4 is 15.0 Å². The Kier molecular flexibility index (Phi) is 4.69. The SMILES string of the molecule is Cc1cc(Nc2ccc(Oc3ccccc3)cc2)nc(N2CCCC2)n1. The molecule has 3 aromatic rings. The first kappa shape index (κ1) is 16.4. The largest absolute Gasteiger partial charge is 0.457 e. The number of aromatic nitrogens is 2. The van der Waals surface area contributed by atoms with Gasteiger partial charge in [0.2, 0.25) is 5.95 Å². The van der Waals surface area contributed by atoms with E-state index in [1.54, 1.807) is 0 Å². The molecular weight excluding hydrogens is 324 g/mol. The van der Waals surface area contributed by atoms with E-state index in [0.717, 1.165) is 47.7 Å². The highest BCUT2D eigenvalue weighted by Crippen LogP contribution is 2.25. The van der Waals surface area contributed by atoms with Gasteiger partial charge in [-0.1, -0.05) is 18.2 Å². The highest BCUT2D eigenvalue weighted by atomic mass is 16.5. The van der Waals surface area contributed by atoms with Crippen LogP contribution in [0.15, 0.2) is 60.7 Å². The Bertz CT molecular complexity index is 859. The van der Waals surface area contributed by atoms with E-state index in [9.17, 15) is 0 Å². The molecule has 1 N–H and O–H groups in total. The Balaban J connectivity index is 1.47. The topological polar surface area (TPSA) is 50.3 Å². The summed E-state index contributed by atoms with van der Waals surface area (Å²) in [5, 5.41) is 3.37. The number of para-hydroxylation sites is 1. The zero-order valence-electron chi connectivity index (χ0n) is 14.9. The third kappa shape index (κ3) is 3.94. The van der Waals surface area contributed by atoms with E-state index < -0.39 is 0 Å². The molecule has 0 bridgehead atoms. The minimum atomic E-state index is 0.804. The van der Waals surface area contributed by atoms with Crippen LogP contribution in [0.5, 0.6) is 11.5 Å². The number of ether oxygens (including phenoxy) is 1. The summed E-state index contributed by atoms with van der Waals surface area (Å²) in [6.45, 7) is 4.08. The minimum Gasteiger partial charge on any atom is -0.457 e. The second-order valence-electron chi connectivity index (χ2n) is 6.45. The molecule has 132 valence electrons. The lowest BCUT2D eigenvalue weighted by Gasteiger charge is -2.17. The molecule has 2 aromatic carbocycles. The number of nitrogens with zero attached hydrogens (tertiary/aromatic N) is 3. The van der Waals surface area contributed by atoms with Gasteiger partial charge in [-0.05, 0) is 56.2 Å². The fourth-order valence-corrected chi connectivity index (χ4v) is 3.05. The van der Waals surface area contributed by atoms with Crippen LogP contribution in [0.4, 0.5) is 17.5 Å². The molecule has 1 aliphatic heterocycles. The van der Waals surface area contributed by atoms with E-state index in [2.05, 4.69) is 20.2 Å². The van der Waals surface area contributed by atoms with Crippen molar-refractivity contribution in [3.05, 3.63) is 66.4 Å². The predicted octanol–water partition coefficient (Wildman–Crippen LogP) is 4.92. The maximum atomic E-state index is 5.83. The molecule has 4 rings (SSSR count). The summed E-state index contributed by atoms with van der Waals surface area (Å²) in [7, 11) is 0.